The molecular weight excluding hydrogens is 250 g/mol. The van der Waals surface area contributed by atoms with Crippen LogP contribution in [0.4, 0.5) is 0 Å². The monoisotopic (exact) mass is 277 g/mol. The second-order valence-corrected chi connectivity index (χ2v) is 9.00. The molecule has 20 heavy (non-hydrogen) atoms. The molecule has 3 unspecified atom stereocenters. The lowest BCUT2D eigenvalue weighted by Crippen LogP contribution is -2.59. The van der Waals surface area contributed by atoms with Gasteiger partial charge in [-0.25, -0.2) is 0 Å². The van der Waals surface area contributed by atoms with Gasteiger partial charge >= 0.3 is 0 Å². The van der Waals surface area contributed by atoms with E-state index in [9.17, 15) is 10.4 Å². The first-order valence-electron chi connectivity index (χ1n) is 7.91. The quantitative estimate of drug-likeness (QED) is 0.799. The maximum absolute atomic E-state index is 11.5. The highest BCUT2D eigenvalue weighted by Crippen LogP contribution is 2.62. The Kier molecular flexibility index (Phi) is 2.86. The van der Waals surface area contributed by atoms with Crippen molar-refractivity contribution in [3.63, 3.8) is 0 Å². The van der Waals surface area contributed by atoms with Gasteiger partial charge in [0.1, 0.15) is 5.41 Å². The lowest BCUT2D eigenvalue weighted by atomic mass is 9.50. The number of hydrogen-bond acceptors (Lipinski definition) is 3. The number of rotatable bonds is 1. The lowest BCUT2D eigenvalue weighted by molar-refractivity contribution is -0.160. The van der Waals surface area contributed by atoms with E-state index in [1.54, 1.807) is 0 Å². The van der Waals surface area contributed by atoms with Crippen LogP contribution in [0.15, 0.2) is 0 Å². The van der Waals surface area contributed by atoms with Gasteiger partial charge in [-0.3, -0.25) is 0 Å². The van der Waals surface area contributed by atoms with Gasteiger partial charge in [-0.15, -0.1) is 0 Å². The summed E-state index contributed by atoms with van der Waals surface area (Å²) in [5.74, 6) is 0. The SMILES string of the molecule is CC1(C)CC(C)(C)CC(O)(C2(C#N)CC3CCC2O3)C1. The van der Waals surface area contributed by atoms with Crippen molar-refractivity contribution < 1.29 is 9.84 Å². The number of nitrogens with zero attached hydrogens (tertiary/aromatic N) is 1. The largest absolute Gasteiger partial charge is 0.388 e. The molecule has 1 aliphatic carbocycles. The average molecular weight is 277 g/mol. The summed E-state index contributed by atoms with van der Waals surface area (Å²) in [6.07, 6.45) is 5.35. The van der Waals surface area contributed by atoms with Crippen LogP contribution in [0.2, 0.25) is 0 Å². The summed E-state index contributed by atoms with van der Waals surface area (Å²) in [5.41, 5.74) is -1.46. The highest BCUT2D eigenvalue weighted by Gasteiger charge is 2.66. The van der Waals surface area contributed by atoms with E-state index in [4.69, 9.17) is 4.74 Å². The summed E-state index contributed by atoms with van der Waals surface area (Å²) in [5, 5.41) is 21.4. The van der Waals surface area contributed by atoms with Crippen LogP contribution >= 0.6 is 0 Å². The molecular formula is C17H27NO2. The summed E-state index contributed by atoms with van der Waals surface area (Å²) in [6, 6.07) is 2.52. The molecule has 0 amide bonds. The predicted octanol–water partition coefficient (Wildman–Crippen LogP) is 3.42. The van der Waals surface area contributed by atoms with Crippen LogP contribution in [-0.2, 0) is 4.74 Å². The summed E-state index contributed by atoms with van der Waals surface area (Å²) in [7, 11) is 0. The van der Waals surface area contributed by atoms with Crippen molar-refractivity contribution >= 4 is 0 Å². The number of aliphatic hydroxyl groups is 1. The molecule has 3 aliphatic rings. The molecule has 1 saturated carbocycles. The van der Waals surface area contributed by atoms with Gasteiger partial charge in [0.05, 0.1) is 23.9 Å². The molecule has 1 N–H and O–H groups in total. The van der Waals surface area contributed by atoms with Crippen LogP contribution < -0.4 is 0 Å². The van der Waals surface area contributed by atoms with Crippen molar-refractivity contribution in [3.05, 3.63) is 0 Å². The van der Waals surface area contributed by atoms with Crippen molar-refractivity contribution in [1.82, 2.24) is 0 Å². The molecule has 3 atom stereocenters. The second-order valence-electron chi connectivity index (χ2n) is 9.00. The van der Waals surface area contributed by atoms with E-state index in [0.29, 0.717) is 12.8 Å². The molecule has 3 nitrogen and oxygen atoms in total. The Bertz CT molecular complexity index is 446. The van der Waals surface area contributed by atoms with Crippen LogP contribution in [0.25, 0.3) is 0 Å². The first kappa shape index (κ1) is 14.4. The Balaban J connectivity index is 2.00. The smallest absolute Gasteiger partial charge is 0.114 e. The molecule has 0 spiro atoms. The molecule has 3 rings (SSSR count). The third-order valence-corrected chi connectivity index (χ3v) is 5.74. The zero-order valence-electron chi connectivity index (χ0n) is 13.2. The van der Waals surface area contributed by atoms with Crippen LogP contribution in [-0.4, -0.2) is 22.9 Å². The van der Waals surface area contributed by atoms with Crippen LogP contribution in [0.1, 0.15) is 66.2 Å². The first-order chi connectivity index (χ1) is 9.12. The maximum Gasteiger partial charge on any atom is 0.114 e. The van der Waals surface area contributed by atoms with Gasteiger partial charge in [-0.05, 0) is 49.4 Å². The molecule has 0 radical (unpaired) electrons. The molecule has 0 aromatic heterocycles. The number of fused-ring (bicyclic) bond motifs is 2. The molecule has 112 valence electrons. The van der Waals surface area contributed by atoms with Crippen molar-refractivity contribution in [1.29, 1.82) is 5.26 Å². The first-order valence-corrected chi connectivity index (χ1v) is 7.91. The fraction of sp³-hybridized carbons (Fsp3) is 0.941. The van der Waals surface area contributed by atoms with Crippen molar-refractivity contribution in [2.24, 2.45) is 16.2 Å². The zero-order chi connectivity index (χ0) is 14.8. The summed E-state index contributed by atoms with van der Waals surface area (Å²) in [6.45, 7) is 8.88. The van der Waals surface area contributed by atoms with Gasteiger partial charge in [-0.1, -0.05) is 27.7 Å². The van der Waals surface area contributed by atoms with Gasteiger partial charge in [0.15, 0.2) is 0 Å². The minimum atomic E-state index is -0.910. The van der Waals surface area contributed by atoms with Gasteiger partial charge < -0.3 is 9.84 Å². The maximum atomic E-state index is 11.5. The molecule has 2 aliphatic heterocycles. The van der Waals surface area contributed by atoms with E-state index in [0.717, 1.165) is 25.7 Å². The van der Waals surface area contributed by atoms with E-state index in [-0.39, 0.29) is 23.0 Å². The third kappa shape index (κ3) is 1.92. The minimum Gasteiger partial charge on any atom is -0.388 e. The molecule has 3 fully saturated rings. The molecule has 2 bridgehead atoms. The Hall–Kier alpha value is -0.590. The summed E-state index contributed by atoms with van der Waals surface area (Å²) >= 11 is 0. The highest BCUT2D eigenvalue weighted by atomic mass is 16.5. The van der Waals surface area contributed by atoms with Crippen molar-refractivity contribution in [3.8, 4) is 6.07 Å². The van der Waals surface area contributed by atoms with Crippen LogP contribution in [0.3, 0.4) is 0 Å². The van der Waals surface area contributed by atoms with Crippen LogP contribution in [0.5, 0.6) is 0 Å². The summed E-state index contributed by atoms with van der Waals surface area (Å²) < 4.78 is 5.95. The van der Waals surface area contributed by atoms with E-state index in [1.165, 1.54) is 0 Å². The topological polar surface area (TPSA) is 53.2 Å². The normalized spacial score (nSPS) is 44.2. The number of hydrogen-bond donors (Lipinski definition) is 1. The molecule has 0 aromatic rings. The number of ether oxygens (including phenoxy) is 1. The Morgan fingerprint density at radius 3 is 2.05 bits per heavy atom. The fourth-order valence-corrected chi connectivity index (χ4v) is 5.80. The molecule has 3 heteroatoms. The van der Waals surface area contributed by atoms with E-state index >= 15 is 0 Å². The Morgan fingerprint density at radius 1 is 1.05 bits per heavy atom. The fourth-order valence-electron chi connectivity index (χ4n) is 5.80. The molecule has 0 aromatic carbocycles. The van der Waals surface area contributed by atoms with Crippen LogP contribution in [0, 0.1) is 27.6 Å². The number of nitriles is 1. The summed E-state index contributed by atoms with van der Waals surface area (Å²) in [4.78, 5) is 0. The highest BCUT2D eigenvalue weighted by molar-refractivity contribution is 5.23. The average Bonchev–Trinajstić information content (AvgIpc) is 2.83. The Morgan fingerprint density at radius 2 is 1.65 bits per heavy atom. The predicted molar refractivity (Wildman–Crippen MR) is 76.9 cm³/mol. The Labute approximate surface area is 122 Å². The van der Waals surface area contributed by atoms with Gasteiger partial charge in [-0.2, -0.15) is 5.26 Å². The standard InChI is InChI=1S/C17H27NO2/c1-14(2)8-15(3,4)10-17(19,9-14)16(11-18)7-12-5-6-13(16)20-12/h12-13,19H,5-10H2,1-4H3. The minimum absolute atomic E-state index is 0.0628. The van der Waals surface area contributed by atoms with Gasteiger partial charge in [0, 0.05) is 0 Å². The molecule has 2 heterocycles. The van der Waals surface area contributed by atoms with E-state index < -0.39 is 11.0 Å². The zero-order valence-corrected chi connectivity index (χ0v) is 13.2. The third-order valence-electron chi connectivity index (χ3n) is 5.74. The van der Waals surface area contributed by atoms with E-state index in [1.807, 2.05) is 0 Å². The second kappa shape index (κ2) is 3.99. The molecule has 2 saturated heterocycles. The van der Waals surface area contributed by atoms with Crippen molar-refractivity contribution in [2.45, 2.75) is 84.0 Å². The van der Waals surface area contributed by atoms with E-state index in [2.05, 4.69) is 33.8 Å². The van der Waals surface area contributed by atoms with Gasteiger partial charge in [0.25, 0.3) is 0 Å². The van der Waals surface area contributed by atoms with Gasteiger partial charge in [0.2, 0.25) is 0 Å². The lowest BCUT2D eigenvalue weighted by Gasteiger charge is -2.55. The van der Waals surface area contributed by atoms with Crippen molar-refractivity contribution in [2.75, 3.05) is 0 Å².